The lowest BCUT2D eigenvalue weighted by Gasteiger charge is -2.11. The highest BCUT2D eigenvalue weighted by Crippen LogP contribution is 2.16. The monoisotopic (exact) mass is 292 g/mol. The number of rotatable bonds is 6. The van der Waals surface area contributed by atoms with E-state index in [9.17, 15) is 0 Å². The van der Waals surface area contributed by atoms with Crippen molar-refractivity contribution in [3.8, 4) is 0 Å². The maximum absolute atomic E-state index is 5.77. The predicted molar refractivity (Wildman–Crippen MR) is 96.0 cm³/mol. The summed E-state index contributed by atoms with van der Waals surface area (Å²) < 4.78 is 0. The molecule has 1 aromatic rings. The second kappa shape index (κ2) is 8.73. The number of hydrogen-bond donors (Lipinski definition) is 2. The van der Waals surface area contributed by atoms with E-state index in [0.29, 0.717) is 0 Å². The zero-order valence-electron chi connectivity index (χ0n) is 13.1. The van der Waals surface area contributed by atoms with Gasteiger partial charge in [-0.15, -0.1) is 0 Å². The Bertz CT molecular complexity index is 616. The van der Waals surface area contributed by atoms with E-state index in [0.717, 1.165) is 25.1 Å². The highest BCUT2D eigenvalue weighted by Gasteiger charge is 2.02. The fourth-order valence-electron chi connectivity index (χ4n) is 2.26. The first-order valence-corrected chi connectivity index (χ1v) is 7.72. The van der Waals surface area contributed by atoms with Crippen molar-refractivity contribution in [3.05, 3.63) is 89.8 Å². The van der Waals surface area contributed by atoms with Crippen LogP contribution in [0.1, 0.15) is 25.3 Å². The smallest absolute Gasteiger partial charge is 0.0357 e. The van der Waals surface area contributed by atoms with Gasteiger partial charge in [-0.1, -0.05) is 60.2 Å². The Morgan fingerprint density at radius 3 is 2.68 bits per heavy atom. The minimum atomic E-state index is 0.867. The Balaban J connectivity index is 1.96. The number of allylic oxidation sites excluding steroid dienone is 8. The molecule has 0 aliphatic heterocycles. The molecule has 0 saturated heterocycles. The van der Waals surface area contributed by atoms with Gasteiger partial charge in [0.25, 0.3) is 0 Å². The van der Waals surface area contributed by atoms with E-state index in [-0.39, 0.29) is 0 Å². The Morgan fingerprint density at radius 1 is 1.18 bits per heavy atom. The number of benzene rings is 1. The number of nitrogens with two attached hydrogens (primary N) is 1. The first-order chi connectivity index (χ1) is 10.8. The van der Waals surface area contributed by atoms with Crippen molar-refractivity contribution in [1.29, 1.82) is 0 Å². The molecule has 2 rings (SSSR count). The van der Waals surface area contributed by atoms with Crippen LogP contribution < -0.4 is 11.1 Å². The van der Waals surface area contributed by atoms with E-state index in [1.807, 2.05) is 31.3 Å². The summed E-state index contributed by atoms with van der Waals surface area (Å²) in [6.45, 7) is 2.89. The summed E-state index contributed by atoms with van der Waals surface area (Å²) in [5, 5.41) is 3.36. The molecular weight excluding hydrogens is 268 g/mol. The van der Waals surface area contributed by atoms with Crippen LogP contribution >= 0.6 is 0 Å². The third kappa shape index (κ3) is 5.13. The zero-order valence-corrected chi connectivity index (χ0v) is 13.1. The Labute approximate surface area is 133 Å². The van der Waals surface area contributed by atoms with Gasteiger partial charge >= 0.3 is 0 Å². The van der Waals surface area contributed by atoms with E-state index in [4.69, 9.17) is 5.73 Å². The normalized spacial score (nSPS) is 16.0. The average molecular weight is 292 g/mol. The average Bonchev–Trinajstić information content (AvgIpc) is 2.56. The molecule has 0 aromatic heterocycles. The van der Waals surface area contributed by atoms with Crippen molar-refractivity contribution in [2.75, 3.05) is 6.54 Å². The van der Waals surface area contributed by atoms with Gasteiger partial charge in [-0.3, -0.25) is 0 Å². The van der Waals surface area contributed by atoms with Crippen LogP contribution in [0.15, 0.2) is 84.3 Å². The van der Waals surface area contributed by atoms with Crippen molar-refractivity contribution in [3.63, 3.8) is 0 Å². The highest BCUT2D eigenvalue weighted by molar-refractivity contribution is 5.75. The van der Waals surface area contributed by atoms with Gasteiger partial charge in [-0.2, -0.15) is 0 Å². The van der Waals surface area contributed by atoms with Crippen LogP contribution in [0.5, 0.6) is 0 Å². The minimum absolute atomic E-state index is 0.867. The molecule has 114 valence electrons. The van der Waals surface area contributed by atoms with Gasteiger partial charge in [0.2, 0.25) is 0 Å². The van der Waals surface area contributed by atoms with Crippen molar-refractivity contribution < 1.29 is 0 Å². The SMILES string of the molecule is C\C=C/C=C(/C=C\NCC1=CC=C(N)CC1)c1ccccc1. The maximum atomic E-state index is 5.77. The Hall–Kier alpha value is -2.48. The van der Waals surface area contributed by atoms with Crippen molar-refractivity contribution in [2.24, 2.45) is 5.73 Å². The van der Waals surface area contributed by atoms with E-state index >= 15 is 0 Å². The quantitative estimate of drug-likeness (QED) is 0.767. The van der Waals surface area contributed by atoms with E-state index < -0.39 is 0 Å². The van der Waals surface area contributed by atoms with Crippen LogP contribution in [0.4, 0.5) is 0 Å². The van der Waals surface area contributed by atoms with Crippen LogP contribution in [-0.2, 0) is 0 Å². The molecule has 0 heterocycles. The third-order valence-electron chi connectivity index (χ3n) is 3.55. The topological polar surface area (TPSA) is 38.0 Å². The molecule has 22 heavy (non-hydrogen) atoms. The molecule has 3 N–H and O–H groups in total. The van der Waals surface area contributed by atoms with Gasteiger partial charge in [-0.05, 0) is 49.3 Å². The lowest BCUT2D eigenvalue weighted by Crippen LogP contribution is -2.12. The van der Waals surface area contributed by atoms with E-state index in [1.54, 1.807) is 0 Å². The summed E-state index contributed by atoms with van der Waals surface area (Å²) in [5.74, 6) is 0. The molecular formula is C20H24N2. The molecule has 2 nitrogen and oxygen atoms in total. The van der Waals surface area contributed by atoms with E-state index in [1.165, 1.54) is 16.7 Å². The number of hydrogen-bond acceptors (Lipinski definition) is 2. The Kier molecular flexibility index (Phi) is 6.31. The summed E-state index contributed by atoms with van der Waals surface area (Å²) in [6.07, 6.45) is 16.5. The molecule has 2 heteroatoms. The van der Waals surface area contributed by atoms with Gasteiger partial charge < -0.3 is 11.1 Å². The summed E-state index contributed by atoms with van der Waals surface area (Å²) in [4.78, 5) is 0. The lowest BCUT2D eigenvalue weighted by atomic mass is 10.0. The summed E-state index contributed by atoms with van der Waals surface area (Å²) in [6, 6.07) is 10.4. The van der Waals surface area contributed by atoms with Crippen LogP contribution in [-0.4, -0.2) is 6.54 Å². The van der Waals surface area contributed by atoms with Crippen molar-refractivity contribution in [1.82, 2.24) is 5.32 Å². The van der Waals surface area contributed by atoms with Crippen molar-refractivity contribution >= 4 is 5.57 Å². The van der Waals surface area contributed by atoms with Crippen LogP contribution in [0, 0.1) is 0 Å². The fourth-order valence-corrected chi connectivity index (χ4v) is 2.26. The zero-order chi connectivity index (χ0) is 15.6. The molecule has 1 aliphatic rings. The van der Waals surface area contributed by atoms with Gasteiger partial charge in [-0.25, -0.2) is 0 Å². The van der Waals surface area contributed by atoms with Crippen LogP contribution in [0.2, 0.25) is 0 Å². The predicted octanol–water partition coefficient (Wildman–Crippen LogP) is 4.31. The first kappa shape index (κ1) is 15.9. The molecule has 1 aromatic carbocycles. The molecule has 0 atom stereocenters. The standard InChI is InChI=1S/C20H24N2/c1-2-3-7-19(18-8-5-4-6-9-18)14-15-22-16-17-10-12-20(21)13-11-17/h2-10,12,14-15,22H,11,13,16,21H2,1H3/b3-2-,15-14-,19-7-. The van der Waals surface area contributed by atoms with Crippen molar-refractivity contribution in [2.45, 2.75) is 19.8 Å². The first-order valence-electron chi connectivity index (χ1n) is 7.72. The summed E-state index contributed by atoms with van der Waals surface area (Å²) >= 11 is 0. The largest absolute Gasteiger partial charge is 0.402 e. The van der Waals surface area contributed by atoms with Crippen LogP contribution in [0.3, 0.4) is 0 Å². The molecule has 0 saturated carbocycles. The second-order valence-electron chi connectivity index (χ2n) is 5.29. The fraction of sp³-hybridized carbons (Fsp3) is 0.200. The molecule has 0 spiro atoms. The lowest BCUT2D eigenvalue weighted by molar-refractivity contribution is 0.817. The van der Waals surface area contributed by atoms with Crippen LogP contribution in [0.25, 0.3) is 5.57 Å². The molecule has 0 radical (unpaired) electrons. The summed E-state index contributed by atoms with van der Waals surface area (Å²) in [5.41, 5.74) is 10.5. The van der Waals surface area contributed by atoms with Gasteiger partial charge in [0.15, 0.2) is 0 Å². The maximum Gasteiger partial charge on any atom is 0.0357 e. The Morgan fingerprint density at radius 2 is 2.00 bits per heavy atom. The van der Waals surface area contributed by atoms with E-state index in [2.05, 4.69) is 53.9 Å². The molecule has 0 bridgehead atoms. The number of nitrogens with one attached hydrogen (secondary N) is 1. The third-order valence-corrected chi connectivity index (χ3v) is 3.55. The molecule has 0 amide bonds. The minimum Gasteiger partial charge on any atom is -0.402 e. The highest BCUT2D eigenvalue weighted by atomic mass is 14.8. The molecule has 0 unspecified atom stereocenters. The van der Waals surface area contributed by atoms with Gasteiger partial charge in [0.05, 0.1) is 0 Å². The summed E-state index contributed by atoms with van der Waals surface area (Å²) in [7, 11) is 0. The molecule has 1 aliphatic carbocycles. The van der Waals surface area contributed by atoms with Gasteiger partial charge in [0, 0.05) is 12.2 Å². The molecule has 0 fully saturated rings. The second-order valence-corrected chi connectivity index (χ2v) is 5.29. The van der Waals surface area contributed by atoms with Gasteiger partial charge in [0.1, 0.15) is 0 Å².